The average Bonchev–Trinajstić information content (AvgIpc) is 3.20. The number of aryl methyl sites for hydroxylation is 1. The van der Waals surface area contributed by atoms with Crippen LogP contribution in [0.25, 0.3) is 11.0 Å². The molecular formula is C23H29N5O2. The van der Waals surface area contributed by atoms with Gasteiger partial charge in [-0.25, -0.2) is 9.78 Å². The number of carbonyl (C=O) groups excluding carboxylic acids is 1. The van der Waals surface area contributed by atoms with E-state index in [9.17, 15) is 4.79 Å². The fourth-order valence-electron chi connectivity index (χ4n) is 3.76. The summed E-state index contributed by atoms with van der Waals surface area (Å²) in [4.78, 5) is 19.0. The Hall–Kier alpha value is -2.90. The Balaban J connectivity index is 1.20. The molecule has 1 aromatic heterocycles. The first kappa shape index (κ1) is 20.4. The molecule has 0 radical (unpaired) electrons. The minimum Gasteiger partial charge on any atom is -0.379 e. The third-order valence-corrected chi connectivity index (χ3v) is 5.44. The van der Waals surface area contributed by atoms with Gasteiger partial charge in [-0.1, -0.05) is 36.4 Å². The van der Waals surface area contributed by atoms with E-state index in [1.165, 1.54) is 5.56 Å². The molecule has 1 saturated heterocycles. The van der Waals surface area contributed by atoms with Gasteiger partial charge >= 0.3 is 6.03 Å². The predicted molar refractivity (Wildman–Crippen MR) is 117 cm³/mol. The molecule has 158 valence electrons. The molecule has 1 fully saturated rings. The van der Waals surface area contributed by atoms with E-state index in [-0.39, 0.29) is 6.03 Å². The van der Waals surface area contributed by atoms with Crippen LogP contribution in [-0.2, 0) is 24.4 Å². The monoisotopic (exact) mass is 407 g/mol. The number of urea groups is 1. The second kappa shape index (κ2) is 10.2. The first-order chi connectivity index (χ1) is 14.8. The highest BCUT2D eigenvalue weighted by Crippen LogP contribution is 2.13. The van der Waals surface area contributed by atoms with Crippen LogP contribution in [0.5, 0.6) is 0 Å². The first-order valence-electron chi connectivity index (χ1n) is 10.6. The van der Waals surface area contributed by atoms with E-state index in [4.69, 9.17) is 4.74 Å². The van der Waals surface area contributed by atoms with E-state index in [0.29, 0.717) is 13.1 Å². The Labute approximate surface area is 177 Å². The Morgan fingerprint density at radius 3 is 2.63 bits per heavy atom. The van der Waals surface area contributed by atoms with Gasteiger partial charge in [-0.2, -0.15) is 0 Å². The summed E-state index contributed by atoms with van der Waals surface area (Å²) in [7, 11) is 0. The molecule has 0 saturated carbocycles. The highest BCUT2D eigenvalue weighted by molar-refractivity contribution is 5.75. The molecule has 0 unspecified atom stereocenters. The molecule has 2 N–H and O–H groups in total. The van der Waals surface area contributed by atoms with Crippen molar-refractivity contribution in [1.29, 1.82) is 0 Å². The zero-order chi connectivity index (χ0) is 20.6. The lowest BCUT2D eigenvalue weighted by molar-refractivity contribution is 0.0341. The Bertz CT molecular complexity index is 965. The van der Waals surface area contributed by atoms with Crippen molar-refractivity contribution in [1.82, 2.24) is 25.1 Å². The molecule has 2 amide bonds. The van der Waals surface area contributed by atoms with Gasteiger partial charge in [0.1, 0.15) is 0 Å². The Morgan fingerprint density at radius 2 is 1.77 bits per heavy atom. The van der Waals surface area contributed by atoms with Crippen LogP contribution in [0.2, 0.25) is 0 Å². The smallest absolute Gasteiger partial charge is 0.315 e. The van der Waals surface area contributed by atoms with E-state index in [1.807, 2.05) is 30.6 Å². The van der Waals surface area contributed by atoms with Crippen molar-refractivity contribution in [2.24, 2.45) is 0 Å². The summed E-state index contributed by atoms with van der Waals surface area (Å²) in [6, 6.07) is 16.2. The fraction of sp³-hybridized carbons (Fsp3) is 0.391. The number of nitrogens with one attached hydrogen (secondary N) is 2. The standard InChI is InChI=1S/C23H29N5O2/c29-23(24-10-5-11-28-18-26-21-8-3-4-9-22(21)28)25-16-19-6-1-2-7-20(19)17-27-12-14-30-15-13-27/h1-4,6-9,18H,5,10-17H2,(H2,24,25,29). The number of benzene rings is 2. The summed E-state index contributed by atoms with van der Waals surface area (Å²) in [5.74, 6) is 0. The number of ether oxygens (including phenoxy) is 1. The molecule has 2 aromatic carbocycles. The lowest BCUT2D eigenvalue weighted by atomic mass is 10.1. The van der Waals surface area contributed by atoms with Crippen molar-refractivity contribution in [3.05, 3.63) is 66.0 Å². The van der Waals surface area contributed by atoms with E-state index >= 15 is 0 Å². The normalized spacial score (nSPS) is 14.7. The van der Waals surface area contributed by atoms with Crippen molar-refractivity contribution in [3.63, 3.8) is 0 Å². The average molecular weight is 408 g/mol. The highest BCUT2D eigenvalue weighted by atomic mass is 16.5. The topological polar surface area (TPSA) is 71.4 Å². The van der Waals surface area contributed by atoms with Gasteiger partial charge in [0.2, 0.25) is 0 Å². The van der Waals surface area contributed by atoms with Crippen LogP contribution in [-0.4, -0.2) is 53.3 Å². The summed E-state index contributed by atoms with van der Waals surface area (Å²) in [6.07, 6.45) is 2.71. The van der Waals surface area contributed by atoms with Crippen LogP contribution in [0.4, 0.5) is 4.79 Å². The number of hydrogen-bond acceptors (Lipinski definition) is 4. The van der Waals surface area contributed by atoms with Crippen molar-refractivity contribution in [3.8, 4) is 0 Å². The molecule has 7 heteroatoms. The Morgan fingerprint density at radius 1 is 1.00 bits per heavy atom. The fourth-order valence-corrected chi connectivity index (χ4v) is 3.76. The van der Waals surface area contributed by atoms with Crippen molar-refractivity contribution in [2.45, 2.75) is 26.1 Å². The molecule has 0 aliphatic carbocycles. The van der Waals surface area contributed by atoms with Crippen LogP contribution in [0, 0.1) is 0 Å². The second-order valence-electron chi connectivity index (χ2n) is 7.55. The highest BCUT2D eigenvalue weighted by Gasteiger charge is 2.13. The van der Waals surface area contributed by atoms with Gasteiger partial charge in [-0.15, -0.1) is 0 Å². The number of morpholine rings is 1. The Kier molecular flexibility index (Phi) is 6.95. The van der Waals surface area contributed by atoms with Crippen LogP contribution < -0.4 is 10.6 Å². The maximum atomic E-state index is 12.2. The molecule has 1 aliphatic heterocycles. The van der Waals surface area contributed by atoms with Gasteiger partial charge in [0, 0.05) is 39.3 Å². The van der Waals surface area contributed by atoms with E-state index in [2.05, 4.69) is 49.4 Å². The second-order valence-corrected chi connectivity index (χ2v) is 7.55. The number of amides is 2. The molecule has 4 rings (SSSR count). The number of hydrogen-bond donors (Lipinski definition) is 2. The molecule has 3 aromatic rings. The number of imidazole rings is 1. The molecule has 30 heavy (non-hydrogen) atoms. The number of nitrogens with zero attached hydrogens (tertiary/aromatic N) is 3. The van der Waals surface area contributed by atoms with Crippen molar-refractivity contribution in [2.75, 3.05) is 32.8 Å². The summed E-state index contributed by atoms with van der Waals surface area (Å²) in [6.45, 7) is 6.34. The maximum Gasteiger partial charge on any atom is 0.315 e. The minimum atomic E-state index is -0.133. The van der Waals surface area contributed by atoms with Gasteiger partial charge in [0.25, 0.3) is 0 Å². The van der Waals surface area contributed by atoms with E-state index in [1.54, 1.807) is 0 Å². The van der Waals surface area contributed by atoms with Gasteiger partial charge < -0.3 is 19.9 Å². The van der Waals surface area contributed by atoms with Crippen LogP contribution in [0.15, 0.2) is 54.9 Å². The molecule has 0 atom stereocenters. The molecule has 7 nitrogen and oxygen atoms in total. The summed E-state index contributed by atoms with van der Waals surface area (Å²) >= 11 is 0. The SMILES string of the molecule is O=C(NCCCn1cnc2ccccc21)NCc1ccccc1CN1CCOCC1. The summed E-state index contributed by atoms with van der Waals surface area (Å²) < 4.78 is 7.55. The first-order valence-corrected chi connectivity index (χ1v) is 10.6. The van der Waals surface area contributed by atoms with Crippen molar-refractivity contribution >= 4 is 17.1 Å². The molecule has 2 heterocycles. The molecule has 0 spiro atoms. The van der Waals surface area contributed by atoms with Crippen LogP contribution in [0.1, 0.15) is 17.5 Å². The zero-order valence-corrected chi connectivity index (χ0v) is 17.2. The quantitative estimate of drug-likeness (QED) is 0.564. The number of fused-ring (bicyclic) bond motifs is 1. The number of aromatic nitrogens is 2. The van der Waals surface area contributed by atoms with Crippen molar-refractivity contribution < 1.29 is 9.53 Å². The summed E-state index contributed by atoms with van der Waals surface area (Å²) in [5, 5.41) is 5.94. The molecular weight excluding hydrogens is 378 g/mol. The maximum absolute atomic E-state index is 12.2. The number of para-hydroxylation sites is 2. The predicted octanol–water partition coefficient (Wildman–Crippen LogP) is 2.76. The minimum absolute atomic E-state index is 0.133. The molecule has 0 bridgehead atoms. The lowest BCUT2D eigenvalue weighted by Gasteiger charge is -2.27. The number of carbonyl (C=O) groups is 1. The molecule has 1 aliphatic rings. The van der Waals surface area contributed by atoms with Gasteiger partial charge in [0.05, 0.1) is 30.6 Å². The zero-order valence-electron chi connectivity index (χ0n) is 17.2. The van der Waals surface area contributed by atoms with Gasteiger partial charge in [-0.3, -0.25) is 4.90 Å². The summed E-state index contributed by atoms with van der Waals surface area (Å²) in [5.41, 5.74) is 4.54. The largest absolute Gasteiger partial charge is 0.379 e. The third-order valence-electron chi connectivity index (χ3n) is 5.44. The van der Waals surface area contributed by atoms with Gasteiger partial charge in [-0.05, 0) is 29.7 Å². The third kappa shape index (κ3) is 5.37. The lowest BCUT2D eigenvalue weighted by Crippen LogP contribution is -2.37. The van der Waals surface area contributed by atoms with Crippen LogP contribution in [0.3, 0.4) is 0 Å². The van der Waals surface area contributed by atoms with E-state index < -0.39 is 0 Å². The van der Waals surface area contributed by atoms with Gasteiger partial charge in [0.15, 0.2) is 0 Å². The number of rotatable bonds is 8. The van der Waals surface area contributed by atoms with Crippen LogP contribution >= 0.6 is 0 Å². The van der Waals surface area contributed by atoms with E-state index in [0.717, 1.165) is 62.4 Å².